The smallest absolute Gasteiger partial charge is 0.243 e. The van der Waals surface area contributed by atoms with Gasteiger partial charge in [0, 0.05) is 57.7 Å². The van der Waals surface area contributed by atoms with Gasteiger partial charge in [0.15, 0.2) is 0 Å². The van der Waals surface area contributed by atoms with Crippen LogP contribution < -0.4 is 5.73 Å². The Hall–Kier alpha value is -1.18. The van der Waals surface area contributed by atoms with E-state index in [0.29, 0.717) is 45.8 Å². The van der Waals surface area contributed by atoms with Crippen molar-refractivity contribution in [1.82, 2.24) is 14.7 Å². The summed E-state index contributed by atoms with van der Waals surface area (Å²) in [6.07, 6.45) is 0.613. The molecular weight excluding hydrogens is 332 g/mol. The molecule has 7 heteroatoms. The largest absolute Gasteiger partial charge is 0.378 e. The lowest BCUT2D eigenvalue weighted by Gasteiger charge is -2.59. The van der Waals surface area contributed by atoms with Gasteiger partial charge >= 0.3 is 0 Å². The van der Waals surface area contributed by atoms with Crippen LogP contribution in [-0.4, -0.2) is 90.6 Å². The van der Waals surface area contributed by atoms with Gasteiger partial charge in [-0.15, -0.1) is 0 Å². The monoisotopic (exact) mass is 368 g/mol. The lowest BCUT2D eigenvalue weighted by molar-refractivity contribution is -0.180. The van der Waals surface area contributed by atoms with Gasteiger partial charge in [-0.3, -0.25) is 14.5 Å². The summed E-state index contributed by atoms with van der Waals surface area (Å²) in [7, 11) is 0. The van der Waals surface area contributed by atoms with Gasteiger partial charge in [0.05, 0.1) is 12.6 Å². The van der Waals surface area contributed by atoms with Gasteiger partial charge < -0.3 is 20.3 Å². The van der Waals surface area contributed by atoms with Crippen LogP contribution in [0.5, 0.6) is 0 Å². The highest BCUT2D eigenvalue weighted by Gasteiger charge is 2.63. The molecule has 150 valence electrons. The first kappa shape index (κ1) is 21.1. The van der Waals surface area contributed by atoms with Crippen LogP contribution in [0, 0.1) is 5.41 Å². The number of hydrogen-bond donors (Lipinski definition) is 1. The molecule has 2 fully saturated rings. The summed E-state index contributed by atoms with van der Waals surface area (Å²) in [5, 5.41) is 0. The maximum Gasteiger partial charge on any atom is 0.243 e. The maximum atomic E-state index is 13.0. The molecule has 1 heterocycles. The fourth-order valence-electron chi connectivity index (χ4n) is 4.06. The third kappa shape index (κ3) is 3.75. The van der Waals surface area contributed by atoms with Crippen molar-refractivity contribution in [2.24, 2.45) is 11.1 Å². The molecular formula is C19H36N4O3. The fraction of sp³-hybridized carbons (Fsp3) is 0.895. The molecule has 1 saturated heterocycles. The van der Waals surface area contributed by atoms with Crippen molar-refractivity contribution in [2.45, 2.75) is 52.7 Å². The Kier molecular flexibility index (Phi) is 6.69. The van der Waals surface area contributed by atoms with E-state index in [0.717, 1.165) is 13.1 Å². The zero-order chi connectivity index (χ0) is 19.5. The molecule has 26 heavy (non-hydrogen) atoms. The first-order valence-electron chi connectivity index (χ1n) is 9.91. The number of nitrogens with zero attached hydrogens (tertiary/aromatic N) is 3. The third-order valence-corrected chi connectivity index (χ3v) is 6.35. The van der Waals surface area contributed by atoms with Crippen molar-refractivity contribution >= 4 is 11.8 Å². The summed E-state index contributed by atoms with van der Waals surface area (Å²) in [5.74, 6) is 0.179. The highest BCUT2D eigenvalue weighted by atomic mass is 16.5. The summed E-state index contributed by atoms with van der Waals surface area (Å²) in [4.78, 5) is 31.1. The van der Waals surface area contributed by atoms with Crippen LogP contribution in [0.1, 0.15) is 41.0 Å². The molecule has 0 aromatic carbocycles. The van der Waals surface area contributed by atoms with Gasteiger partial charge in [0.1, 0.15) is 5.54 Å². The summed E-state index contributed by atoms with van der Waals surface area (Å²) in [6.45, 7) is 15.2. The van der Waals surface area contributed by atoms with Crippen molar-refractivity contribution in [2.75, 3.05) is 52.4 Å². The van der Waals surface area contributed by atoms with Gasteiger partial charge in [-0.25, -0.2) is 0 Å². The number of likely N-dealkylation sites (N-methyl/N-ethyl adjacent to an activating group) is 1. The Morgan fingerprint density at radius 2 is 1.69 bits per heavy atom. The summed E-state index contributed by atoms with van der Waals surface area (Å²) in [6, 6.07) is 0. The zero-order valence-electron chi connectivity index (χ0n) is 17.1. The average molecular weight is 369 g/mol. The van der Waals surface area contributed by atoms with Gasteiger partial charge in [0.25, 0.3) is 0 Å². The molecule has 1 saturated carbocycles. The van der Waals surface area contributed by atoms with Crippen molar-refractivity contribution in [3.05, 3.63) is 0 Å². The van der Waals surface area contributed by atoms with Crippen LogP contribution in [0.15, 0.2) is 0 Å². The normalized spacial score (nSPS) is 28.5. The summed E-state index contributed by atoms with van der Waals surface area (Å²) >= 11 is 0. The topological polar surface area (TPSA) is 79.1 Å². The molecule has 0 aromatic heterocycles. The number of hydrogen-bond acceptors (Lipinski definition) is 5. The highest BCUT2D eigenvalue weighted by molar-refractivity contribution is 5.89. The number of carbonyl (C=O) groups excluding carboxylic acids is 2. The van der Waals surface area contributed by atoms with E-state index in [2.05, 4.69) is 4.90 Å². The minimum absolute atomic E-state index is 0.0215. The minimum Gasteiger partial charge on any atom is -0.378 e. The van der Waals surface area contributed by atoms with Crippen LogP contribution in [0.3, 0.4) is 0 Å². The Balaban J connectivity index is 1.88. The number of amides is 2. The number of nitrogens with two attached hydrogens (primary N) is 1. The maximum absolute atomic E-state index is 13.0. The van der Waals surface area contributed by atoms with E-state index in [1.165, 1.54) is 0 Å². The SMILES string of the molecule is CCOC1CC(N)(C(=O)N2CCN(CC(=O)N(CC)CC)CC2)C1(C)C. The van der Waals surface area contributed by atoms with E-state index in [4.69, 9.17) is 10.5 Å². The number of ether oxygens (including phenoxy) is 1. The predicted molar refractivity (Wildman–Crippen MR) is 102 cm³/mol. The van der Waals surface area contributed by atoms with Gasteiger partial charge in [-0.1, -0.05) is 13.8 Å². The lowest BCUT2D eigenvalue weighted by atomic mass is 9.54. The van der Waals surface area contributed by atoms with Gasteiger partial charge in [-0.2, -0.15) is 0 Å². The Labute approximate surface area is 157 Å². The van der Waals surface area contributed by atoms with Crippen LogP contribution in [0.25, 0.3) is 0 Å². The molecule has 2 N–H and O–H groups in total. The molecule has 2 rings (SSSR count). The van der Waals surface area contributed by atoms with Crippen molar-refractivity contribution < 1.29 is 14.3 Å². The molecule has 0 aromatic rings. The summed E-state index contributed by atoms with van der Waals surface area (Å²) in [5.41, 5.74) is 5.30. The molecule has 0 spiro atoms. The second-order valence-corrected chi connectivity index (χ2v) is 7.98. The Morgan fingerprint density at radius 3 is 2.15 bits per heavy atom. The molecule has 0 bridgehead atoms. The lowest BCUT2D eigenvalue weighted by Crippen LogP contribution is -2.76. The van der Waals surface area contributed by atoms with Crippen molar-refractivity contribution in [3.63, 3.8) is 0 Å². The molecule has 1 aliphatic heterocycles. The molecule has 2 atom stereocenters. The number of rotatable bonds is 7. The zero-order valence-corrected chi connectivity index (χ0v) is 17.1. The van der Waals surface area contributed by atoms with Crippen LogP contribution >= 0.6 is 0 Å². The molecule has 7 nitrogen and oxygen atoms in total. The fourth-order valence-corrected chi connectivity index (χ4v) is 4.06. The predicted octanol–water partition coefficient (Wildman–Crippen LogP) is 0.532. The molecule has 2 unspecified atom stereocenters. The van der Waals surface area contributed by atoms with Crippen molar-refractivity contribution in [1.29, 1.82) is 0 Å². The minimum atomic E-state index is -0.855. The first-order valence-corrected chi connectivity index (χ1v) is 9.91. The standard InChI is InChI=1S/C19H36N4O3/c1-6-22(7-2)16(24)14-21-9-11-23(12-10-21)17(25)19(20)13-15(26-8-3)18(19,4)5/h15H,6-14,20H2,1-5H3. The second kappa shape index (κ2) is 8.23. The van der Waals surface area contributed by atoms with E-state index >= 15 is 0 Å². The number of carbonyl (C=O) groups is 2. The second-order valence-electron chi connectivity index (χ2n) is 7.98. The number of piperazine rings is 1. The average Bonchev–Trinajstić information content (AvgIpc) is 2.62. The van der Waals surface area contributed by atoms with E-state index in [9.17, 15) is 9.59 Å². The van der Waals surface area contributed by atoms with E-state index < -0.39 is 5.54 Å². The molecule has 0 radical (unpaired) electrons. The van der Waals surface area contributed by atoms with E-state index in [-0.39, 0.29) is 23.3 Å². The Morgan fingerprint density at radius 1 is 1.12 bits per heavy atom. The van der Waals surface area contributed by atoms with Crippen LogP contribution in [-0.2, 0) is 14.3 Å². The van der Waals surface area contributed by atoms with E-state index in [1.807, 2.05) is 44.4 Å². The van der Waals surface area contributed by atoms with Gasteiger partial charge in [0.2, 0.25) is 11.8 Å². The molecule has 1 aliphatic carbocycles. The van der Waals surface area contributed by atoms with Crippen LogP contribution in [0.4, 0.5) is 0 Å². The van der Waals surface area contributed by atoms with Crippen molar-refractivity contribution in [3.8, 4) is 0 Å². The van der Waals surface area contributed by atoms with E-state index in [1.54, 1.807) is 0 Å². The quantitative estimate of drug-likeness (QED) is 0.709. The van der Waals surface area contributed by atoms with Gasteiger partial charge in [-0.05, 0) is 20.8 Å². The summed E-state index contributed by atoms with van der Waals surface area (Å²) < 4.78 is 5.73. The molecule has 2 amide bonds. The third-order valence-electron chi connectivity index (χ3n) is 6.35. The van der Waals surface area contributed by atoms with Crippen LogP contribution in [0.2, 0.25) is 0 Å². The first-order chi connectivity index (χ1) is 12.2. The molecule has 2 aliphatic rings. The highest BCUT2D eigenvalue weighted by Crippen LogP contribution is 2.50. The Bertz CT molecular complexity index is 513.